The number of carboxylic acid groups (broad SMARTS) is 1. The second kappa shape index (κ2) is 16.0. The molecule has 4 N–H and O–H groups in total. The van der Waals surface area contributed by atoms with Gasteiger partial charge in [-0.1, -0.05) is 37.3 Å². The quantitative estimate of drug-likeness (QED) is 0.0983. The molecule has 0 saturated carbocycles. The summed E-state index contributed by atoms with van der Waals surface area (Å²) in [6.07, 6.45) is 2.06. The first kappa shape index (κ1) is 33.3. The number of hydrogen-bond acceptors (Lipinski definition) is 7. The Labute approximate surface area is 270 Å². The highest BCUT2D eigenvalue weighted by Gasteiger charge is 2.20. The maximum atomic E-state index is 13.6. The molecule has 0 spiro atoms. The van der Waals surface area contributed by atoms with Gasteiger partial charge in [0, 0.05) is 21.8 Å². The SMILES string of the molecule is CCC(Sc1cccc(NC(=O)/C(=C\c2ccc(OC)c(OC)c2)NC(=O)c2ccccc2)c1)C(=O)Nc1ccc(C(=O)O)cc1. The van der Waals surface area contributed by atoms with Crippen molar-refractivity contribution in [2.45, 2.75) is 23.5 Å². The summed E-state index contributed by atoms with van der Waals surface area (Å²) in [6, 6.07) is 26.6. The van der Waals surface area contributed by atoms with Crippen molar-refractivity contribution < 1.29 is 33.8 Å². The number of methoxy groups -OCH3 is 2. The van der Waals surface area contributed by atoms with E-state index in [0.717, 1.165) is 4.90 Å². The molecule has 1 unspecified atom stereocenters. The molecule has 0 saturated heterocycles. The van der Waals surface area contributed by atoms with Gasteiger partial charge in [0.15, 0.2) is 11.5 Å². The number of hydrogen-bond donors (Lipinski definition) is 4. The van der Waals surface area contributed by atoms with Gasteiger partial charge >= 0.3 is 5.97 Å². The molecule has 11 heteroatoms. The lowest BCUT2D eigenvalue weighted by Crippen LogP contribution is -2.30. The number of anilines is 2. The molecular weight excluding hydrogens is 606 g/mol. The molecular formula is C35H33N3O7S. The number of rotatable bonds is 13. The van der Waals surface area contributed by atoms with Crippen LogP contribution in [0.4, 0.5) is 11.4 Å². The fraction of sp³-hybridized carbons (Fsp3) is 0.143. The number of carboxylic acids is 1. The average molecular weight is 640 g/mol. The second-order valence-electron chi connectivity index (χ2n) is 9.86. The van der Waals surface area contributed by atoms with Gasteiger partial charge in [-0.2, -0.15) is 0 Å². The molecule has 46 heavy (non-hydrogen) atoms. The van der Waals surface area contributed by atoms with Crippen LogP contribution < -0.4 is 25.4 Å². The molecule has 0 aliphatic rings. The van der Waals surface area contributed by atoms with Gasteiger partial charge in [0.25, 0.3) is 11.8 Å². The minimum absolute atomic E-state index is 0.00106. The van der Waals surface area contributed by atoms with Gasteiger partial charge in [-0.15, -0.1) is 11.8 Å². The molecule has 236 valence electrons. The Kier molecular flexibility index (Phi) is 11.6. The summed E-state index contributed by atoms with van der Waals surface area (Å²) in [6.45, 7) is 1.89. The van der Waals surface area contributed by atoms with E-state index in [4.69, 9.17) is 14.6 Å². The minimum atomic E-state index is -1.05. The van der Waals surface area contributed by atoms with Gasteiger partial charge in [-0.05, 0) is 84.8 Å². The van der Waals surface area contributed by atoms with Crippen LogP contribution >= 0.6 is 11.8 Å². The van der Waals surface area contributed by atoms with Crippen LogP contribution in [-0.4, -0.2) is 48.3 Å². The third kappa shape index (κ3) is 8.99. The molecule has 3 amide bonds. The van der Waals surface area contributed by atoms with Crippen LogP contribution in [0.1, 0.15) is 39.6 Å². The number of nitrogens with one attached hydrogen (secondary N) is 3. The Morgan fingerprint density at radius 1 is 0.783 bits per heavy atom. The monoisotopic (exact) mass is 639 g/mol. The number of benzene rings is 4. The van der Waals surface area contributed by atoms with Crippen LogP contribution in [-0.2, 0) is 9.59 Å². The summed E-state index contributed by atoms with van der Waals surface area (Å²) < 4.78 is 10.7. The van der Waals surface area contributed by atoms with Crippen molar-refractivity contribution in [3.63, 3.8) is 0 Å². The Morgan fingerprint density at radius 2 is 1.50 bits per heavy atom. The van der Waals surface area contributed by atoms with E-state index in [1.165, 1.54) is 44.2 Å². The zero-order valence-electron chi connectivity index (χ0n) is 25.4. The maximum Gasteiger partial charge on any atom is 0.335 e. The molecule has 10 nitrogen and oxygen atoms in total. The molecule has 4 rings (SSSR count). The Bertz CT molecular complexity index is 1740. The Hall–Kier alpha value is -5.55. The lowest BCUT2D eigenvalue weighted by Gasteiger charge is -2.16. The molecule has 0 aliphatic carbocycles. The smallest absolute Gasteiger partial charge is 0.335 e. The van der Waals surface area contributed by atoms with Gasteiger partial charge in [-0.25, -0.2) is 4.79 Å². The van der Waals surface area contributed by atoms with Crippen LogP contribution in [0.25, 0.3) is 6.08 Å². The first-order valence-electron chi connectivity index (χ1n) is 14.2. The Balaban J connectivity index is 1.52. The third-order valence-electron chi connectivity index (χ3n) is 6.68. The number of ether oxygens (including phenoxy) is 2. The van der Waals surface area contributed by atoms with Gasteiger partial charge < -0.3 is 30.5 Å². The fourth-order valence-corrected chi connectivity index (χ4v) is 5.32. The van der Waals surface area contributed by atoms with Crippen LogP contribution in [0.3, 0.4) is 0 Å². The lowest BCUT2D eigenvalue weighted by atomic mass is 10.1. The van der Waals surface area contributed by atoms with Crippen molar-refractivity contribution in [3.8, 4) is 11.5 Å². The van der Waals surface area contributed by atoms with Crippen LogP contribution in [0.2, 0.25) is 0 Å². The van der Waals surface area contributed by atoms with E-state index in [-0.39, 0.29) is 17.2 Å². The van der Waals surface area contributed by atoms with Crippen molar-refractivity contribution >= 4 is 52.9 Å². The highest BCUT2D eigenvalue weighted by molar-refractivity contribution is 8.00. The summed E-state index contributed by atoms with van der Waals surface area (Å²) in [5.74, 6) is -1.33. The van der Waals surface area contributed by atoms with E-state index in [1.54, 1.807) is 78.9 Å². The number of carbonyl (C=O) groups is 4. The normalized spacial score (nSPS) is 11.6. The number of thioether (sulfide) groups is 1. The number of aromatic carboxylic acids is 1. The van der Waals surface area contributed by atoms with E-state index >= 15 is 0 Å². The summed E-state index contributed by atoms with van der Waals surface area (Å²) in [4.78, 5) is 51.5. The average Bonchev–Trinajstić information content (AvgIpc) is 3.07. The molecule has 0 radical (unpaired) electrons. The zero-order valence-corrected chi connectivity index (χ0v) is 26.2. The molecule has 0 aromatic heterocycles. The molecule has 4 aromatic carbocycles. The molecule has 4 aromatic rings. The van der Waals surface area contributed by atoms with Crippen molar-refractivity contribution in [2.75, 3.05) is 24.9 Å². The van der Waals surface area contributed by atoms with E-state index in [9.17, 15) is 19.2 Å². The first-order chi connectivity index (χ1) is 22.2. The van der Waals surface area contributed by atoms with Gasteiger partial charge in [0.1, 0.15) is 5.70 Å². The number of carbonyl (C=O) groups excluding carboxylic acids is 3. The standard InChI is InChI=1S/C35H33N3O7S/c1-4-31(34(41)36-25-16-14-24(15-17-25)35(42)43)46-27-12-8-11-26(21-27)37-33(40)28(38-32(39)23-9-6-5-7-10-23)19-22-13-18-29(44-2)30(20-22)45-3/h5-21,31H,4H2,1-3H3,(H,36,41)(H,37,40)(H,38,39)(H,42,43)/b28-19+. The third-order valence-corrected chi connectivity index (χ3v) is 8.04. The van der Waals surface area contributed by atoms with Crippen molar-refractivity contribution in [3.05, 3.63) is 119 Å². The molecule has 0 bridgehead atoms. The molecule has 1 atom stereocenters. The molecule has 0 aliphatic heterocycles. The van der Waals surface area contributed by atoms with Crippen molar-refractivity contribution in [1.29, 1.82) is 0 Å². The van der Waals surface area contributed by atoms with Gasteiger partial charge in [0.05, 0.1) is 25.0 Å². The fourth-order valence-electron chi connectivity index (χ4n) is 4.30. The minimum Gasteiger partial charge on any atom is -0.493 e. The van der Waals surface area contributed by atoms with E-state index in [2.05, 4.69) is 16.0 Å². The first-order valence-corrected chi connectivity index (χ1v) is 15.1. The highest BCUT2D eigenvalue weighted by Crippen LogP contribution is 2.30. The zero-order chi connectivity index (χ0) is 33.1. The van der Waals surface area contributed by atoms with Gasteiger partial charge in [0.2, 0.25) is 5.91 Å². The molecule has 0 fully saturated rings. The summed E-state index contributed by atoms with van der Waals surface area (Å²) in [7, 11) is 3.03. The van der Waals surface area contributed by atoms with E-state index in [1.807, 2.05) is 13.0 Å². The predicted octanol–water partition coefficient (Wildman–Crippen LogP) is 6.32. The van der Waals surface area contributed by atoms with E-state index in [0.29, 0.717) is 40.4 Å². The summed E-state index contributed by atoms with van der Waals surface area (Å²) >= 11 is 1.32. The highest BCUT2D eigenvalue weighted by atomic mass is 32.2. The lowest BCUT2D eigenvalue weighted by molar-refractivity contribution is -0.116. The topological polar surface area (TPSA) is 143 Å². The second-order valence-corrected chi connectivity index (χ2v) is 11.1. The molecule has 0 heterocycles. The van der Waals surface area contributed by atoms with Crippen molar-refractivity contribution in [1.82, 2.24) is 5.32 Å². The van der Waals surface area contributed by atoms with Crippen LogP contribution in [0.15, 0.2) is 108 Å². The summed E-state index contributed by atoms with van der Waals surface area (Å²) in [5.41, 5.74) is 2.05. The predicted molar refractivity (Wildman–Crippen MR) is 178 cm³/mol. The van der Waals surface area contributed by atoms with E-state index < -0.39 is 23.0 Å². The van der Waals surface area contributed by atoms with Crippen molar-refractivity contribution in [2.24, 2.45) is 0 Å². The largest absolute Gasteiger partial charge is 0.493 e. The number of amides is 3. The van der Waals surface area contributed by atoms with Crippen LogP contribution in [0.5, 0.6) is 11.5 Å². The summed E-state index contributed by atoms with van der Waals surface area (Å²) in [5, 5.41) is 17.0. The van der Waals surface area contributed by atoms with Crippen LogP contribution in [0, 0.1) is 0 Å². The Morgan fingerprint density at radius 3 is 2.15 bits per heavy atom. The van der Waals surface area contributed by atoms with Gasteiger partial charge in [-0.3, -0.25) is 14.4 Å². The maximum absolute atomic E-state index is 13.6.